The highest BCUT2D eigenvalue weighted by Crippen LogP contribution is 2.47. The first-order valence-corrected chi connectivity index (χ1v) is 19.3. The van der Waals surface area contributed by atoms with E-state index < -0.39 is 0 Å². The topological polar surface area (TPSA) is 13.1 Å². The molecular weight excluding hydrogens is 673 g/mol. The molecule has 10 aromatic carbocycles. The van der Waals surface area contributed by atoms with Crippen LogP contribution in [0.3, 0.4) is 0 Å². The lowest BCUT2D eigenvalue weighted by Crippen LogP contribution is -1.90. The number of hydrogen-bond donors (Lipinski definition) is 0. The lowest BCUT2D eigenvalue weighted by atomic mass is 9.85. The SMILES string of the molecule is c1ccc2cc(-c3c4ccccc4c(-c4ccc5c(c4)sc4cc(-c6cc7c8ccccc8oc7c7ccccc67)ccc45)c4ccccc34)ccc2c1. The first kappa shape index (κ1) is 29.8. The fourth-order valence-corrected chi connectivity index (χ4v) is 10.2. The molecule has 0 radical (unpaired) electrons. The van der Waals surface area contributed by atoms with E-state index in [0.717, 1.165) is 27.3 Å². The monoisotopic (exact) mass is 702 g/mol. The van der Waals surface area contributed by atoms with Crippen molar-refractivity contribution >= 4 is 96.5 Å². The van der Waals surface area contributed by atoms with Crippen LogP contribution < -0.4 is 0 Å². The van der Waals surface area contributed by atoms with E-state index in [0.29, 0.717) is 0 Å². The summed E-state index contributed by atoms with van der Waals surface area (Å²) in [7, 11) is 0. The van der Waals surface area contributed by atoms with Crippen molar-refractivity contribution in [2.75, 3.05) is 0 Å². The number of fused-ring (bicyclic) bond motifs is 11. The summed E-state index contributed by atoms with van der Waals surface area (Å²) in [6.45, 7) is 0. The van der Waals surface area contributed by atoms with Gasteiger partial charge in [0.25, 0.3) is 0 Å². The first-order chi connectivity index (χ1) is 26.8. The van der Waals surface area contributed by atoms with Crippen LogP contribution in [0.25, 0.3) is 119 Å². The molecule has 0 atom stereocenters. The van der Waals surface area contributed by atoms with Gasteiger partial charge in [0.2, 0.25) is 0 Å². The van der Waals surface area contributed by atoms with Gasteiger partial charge in [-0.3, -0.25) is 0 Å². The molecule has 2 heteroatoms. The van der Waals surface area contributed by atoms with Crippen molar-refractivity contribution < 1.29 is 4.42 Å². The Labute approximate surface area is 314 Å². The quantitative estimate of drug-likeness (QED) is 0.167. The van der Waals surface area contributed by atoms with Crippen LogP contribution in [0, 0.1) is 0 Å². The van der Waals surface area contributed by atoms with Gasteiger partial charge in [-0.25, -0.2) is 0 Å². The van der Waals surface area contributed by atoms with Crippen LogP contribution in [0.5, 0.6) is 0 Å². The second-order valence-corrected chi connectivity index (χ2v) is 15.5. The zero-order valence-electron chi connectivity index (χ0n) is 29.1. The van der Waals surface area contributed by atoms with Crippen molar-refractivity contribution in [1.29, 1.82) is 0 Å². The van der Waals surface area contributed by atoms with Crippen LogP contribution in [0.15, 0.2) is 186 Å². The summed E-state index contributed by atoms with van der Waals surface area (Å²) in [5.74, 6) is 0. The molecule has 0 saturated heterocycles. The van der Waals surface area contributed by atoms with Crippen LogP contribution in [0.4, 0.5) is 0 Å². The Hall–Kier alpha value is -6.74. The molecule has 0 aliphatic heterocycles. The van der Waals surface area contributed by atoms with E-state index in [2.05, 4.69) is 176 Å². The third kappa shape index (κ3) is 4.32. The van der Waals surface area contributed by atoms with E-state index in [1.165, 1.54) is 91.3 Å². The molecule has 0 amide bonds. The van der Waals surface area contributed by atoms with Gasteiger partial charge in [-0.15, -0.1) is 11.3 Å². The highest BCUT2D eigenvalue weighted by molar-refractivity contribution is 7.25. The Bertz CT molecular complexity index is 3450. The molecule has 0 N–H and O–H groups in total. The highest BCUT2D eigenvalue weighted by Gasteiger charge is 2.19. The molecule has 12 aromatic rings. The lowest BCUT2D eigenvalue weighted by Gasteiger charge is -2.18. The molecule has 0 fully saturated rings. The molecule has 0 spiro atoms. The average molecular weight is 703 g/mol. The van der Waals surface area contributed by atoms with Gasteiger partial charge in [-0.05, 0) is 101 Å². The summed E-state index contributed by atoms with van der Waals surface area (Å²) >= 11 is 1.89. The van der Waals surface area contributed by atoms with Crippen molar-refractivity contribution in [3.63, 3.8) is 0 Å². The maximum atomic E-state index is 6.41. The predicted molar refractivity (Wildman–Crippen MR) is 233 cm³/mol. The van der Waals surface area contributed by atoms with Crippen molar-refractivity contribution in [3.05, 3.63) is 182 Å². The number of rotatable bonds is 3. The van der Waals surface area contributed by atoms with E-state index in [4.69, 9.17) is 4.42 Å². The van der Waals surface area contributed by atoms with Crippen molar-refractivity contribution in [2.45, 2.75) is 0 Å². The highest BCUT2D eigenvalue weighted by atomic mass is 32.1. The van der Waals surface area contributed by atoms with Gasteiger partial charge >= 0.3 is 0 Å². The van der Waals surface area contributed by atoms with E-state index in [9.17, 15) is 0 Å². The molecule has 0 unspecified atom stereocenters. The third-order valence-corrected chi connectivity index (χ3v) is 12.5. The largest absolute Gasteiger partial charge is 0.455 e. The van der Waals surface area contributed by atoms with Gasteiger partial charge in [-0.2, -0.15) is 0 Å². The van der Waals surface area contributed by atoms with Crippen molar-refractivity contribution in [3.8, 4) is 33.4 Å². The predicted octanol–water partition coefficient (Wildman–Crippen LogP) is 15.6. The number of benzene rings is 10. The Morgan fingerprint density at radius 2 is 0.815 bits per heavy atom. The van der Waals surface area contributed by atoms with E-state index in [1.54, 1.807) is 0 Å². The molecule has 2 heterocycles. The molecule has 1 nitrogen and oxygen atoms in total. The minimum absolute atomic E-state index is 0.925. The van der Waals surface area contributed by atoms with Crippen LogP contribution in [0.1, 0.15) is 0 Å². The zero-order valence-corrected chi connectivity index (χ0v) is 30.0. The summed E-state index contributed by atoms with van der Waals surface area (Å²) in [6.07, 6.45) is 0. The molecule has 0 saturated carbocycles. The minimum atomic E-state index is 0.925. The molecule has 2 aromatic heterocycles. The number of furan rings is 1. The standard InChI is InChI=1S/C52H30OS/c1-2-12-32-27-34(22-21-31(32)11-1)50-40-15-4-6-17-42(40)51(43-18-7-5-16-41(43)50)35-24-26-39-38-25-23-33(28-48(38)54-49(39)29-35)45-30-46-37-14-9-10-20-47(37)53-52(46)44-19-8-3-13-36(44)45/h1-30H. The summed E-state index contributed by atoms with van der Waals surface area (Å²) in [5.41, 5.74) is 9.41. The Balaban J connectivity index is 1.05. The second kappa shape index (κ2) is 11.4. The summed E-state index contributed by atoms with van der Waals surface area (Å²) < 4.78 is 9.01. The average Bonchev–Trinajstić information content (AvgIpc) is 3.80. The van der Waals surface area contributed by atoms with Crippen LogP contribution in [-0.4, -0.2) is 0 Å². The fraction of sp³-hybridized carbons (Fsp3) is 0. The molecule has 0 bridgehead atoms. The number of para-hydroxylation sites is 1. The van der Waals surface area contributed by atoms with Gasteiger partial charge in [0.1, 0.15) is 11.2 Å². The second-order valence-electron chi connectivity index (χ2n) is 14.4. The van der Waals surface area contributed by atoms with E-state index in [-0.39, 0.29) is 0 Å². The van der Waals surface area contributed by atoms with E-state index >= 15 is 0 Å². The molecule has 0 aliphatic carbocycles. The molecule has 54 heavy (non-hydrogen) atoms. The van der Waals surface area contributed by atoms with Gasteiger partial charge in [-0.1, -0.05) is 152 Å². The summed E-state index contributed by atoms with van der Waals surface area (Å²) in [5, 5.41) is 14.9. The zero-order chi connectivity index (χ0) is 35.3. The van der Waals surface area contributed by atoms with Gasteiger partial charge in [0.15, 0.2) is 0 Å². The maximum absolute atomic E-state index is 6.41. The number of thiophene rings is 1. The Morgan fingerprint density at radius 3 is 1.50 bits per heavy atom. The van der Waals surface area contributed by atoms with Crippen molar-refractivity contribution in [2.24, 2.45) is 0 Å². The van der Waals surface area contributed by atoms with Gasteiger partial charge in [0.05, 0.1) is 0 Å². The van der Waals surface area contributed by atoms with Crippen LogP contribution >= 0.6 is 11.3 Å². The van der Waals surface area contributed by atoms with Gasteiger partial charge in [0, 0.05) is 36.3 Å². The lowest BCUT2D eigenvalue weighted by molar-refractivity contribution is 0.672. The van der Waals surface area contributed by atoms with Crippen molar-refractivity contribution in [1.82, 2.24) is 0 Å². The first-order valence-electron chi connectivity index (χ1n) is 18.5. The smallest absolute Gasteiger partial charge is 0.143 e. The number of hydrogen-bond acceptors (Lipinski definition) is 2. The summed E-state index contributed by atoms with van der Waals surface area (Å²) in [6, 6.07) is 66.8. The molecule has 250 valence electrons. The Morgan fingerprint density at radius 1 is 0.315 bits per heavy atom. The normalized spacial score (nSPS) is 12.1. The third-order valence-electron chi connectivity index (χ3n) is 11.4. The molecular formula is C52H30OS. The van der Waals surface area contributed by atoms with Crippen LogP contribution in [-0.2, 0) is 0 Å². The minimum Gasteiger partial charge on any atom is -0.455 e. The fourth-order valence-electron chi connectivity index (χ4n) is 8.98. The van der Waals surface area contributed by atoms with Gasteiger partial charge < -0.3 is 4.42 Å². The summed E-state index contributed by atoms with van der Waals surface area (Å²) in [4.78, 5) is 0. The van der Waals surface area contributed by atoms with E-state index in [1.807, 2.05) is 17.4 Å². The Kier molecular flexibility index (Phi) is 6.28. The molecule has 12 rings (SSSR count). The molecule has 0 aliphatic rings. The maximum Gasteiger partial charge on any atom is 0.143 e. The van der Waals surface area contributed by atoms with Crippen LogP contribution in [0.2, 0.25) is 0 Å².